The van der Waals surface area contributed by atoms with Crippen LogP contribution in [0.4, 0.5) is 0 Å². The highest BCUT2D eigenvalue weighted by atomic mass is 32.3. The average molecular weight is 586 g/mol. The molecule has 0 unspecified atom stereocenters. The first-order valence-electron chi connectivity index (χ1n) is 14.6. The van der Waals surface area contributed by atoms with Crippen LogP contribution in [-0.4, -0.2) is 97.5 Å². The fraction of sp³-hybridized carbons (Fsp3) is 0.364. The third-order valence-corrected chi connectivity index (χ3v) is 10.3. The van der Waals surface area contributed by atoms with Crippen LogP contribution in [0.15, 0.2) is 60.8 Å². The van der Waals surface area contributed by atoms with Gasteiger partial charge in [0, 0.05) is 62.5 Å². The van der Waals surface area contributed by atoms with Crippen LogP contribution in [-0.2, 0) is 6.54 Å². The van der Waals surface area contributed by atoms with E-state index in [2.05, 4.69) is 48.0 Å². The molecule has 3 aromatic carbocycles. The second-order valence-corrected chi connectivity index (χ2v) is 14.1. The Balaban J connectivity index is 1.25. The van der Waals surface area contributed by atoms with E-state index in [-0.39, 0.29) is 5.91 Å². The molecule has 0 atom stereocenters. The minimum Gasteiger partial charge on any atom is -0.336 e. The van der Waals surface area contributed by atoms with Gasteiger partial charge in [-0.15, -0.1) is 0 Å². The van der Waals surface area contributed by atoms with E-state index in [9.17, 15) is 13.9 Å². The number of fused-ring (bicyclic) bond motifs is 1. The summed E-state index contributed by atoms with van der Waals surface area (Å²) in [5.41, 5.74) is 9.64. The number of amides is 1. The van der Waals surface area contributed by atoms with Gasteiger partial charge in [0.2, 0.25) is 0 Å². The Labute approximate surface area is 249 Å². The first-order valence-corrected chi connectivity index (χ1v) is 16.5. The van der Waals surface area contributed by atoms with Crippen molar-refractivity contribution in [3.8, 4) is 22.4 Å². The average Bonchev–Trinajstić information content (AvgIpc) is 2.98. The van der Waals surface area contributed by atoms with Crippen LogP contribution in [0, 0.1) is 13.8 Å². The molecule has 9 heteroatoms. The molecule has 4 aromatic rings. The SMILES string of the molecule is Cc1cc(-c2cccc3ncc(-c4ccc(C(=O)N5CCN(C)CC5)c(C)c4)nc23)ccc1CN1CCS(O)(O)CC1. The molecule has 0 bridgehead atoms. The van der Waals surface area contributed by atoms with Crippen molar-refractivity contribution < 1.29 is 13.9 Å². The number of hydrogen-bond acceptors (Lipinski definition) is 7. The second-order valence-electron chi connectivity index (χ2n) is 11.7. The topological polar surface area (TPSA) is 93.0 Å². The number of piperazine rings is 1. The van der Waals surface area contributed by atoms with Gasteiger partial charge in [-0.3, -0.25) is 23.8 Å². The fourth-order valence-corrected chi connectivity index (χ4v) is 7.16. The molecule has 2 aliphatic rings. The summed E-state index contributed by atoms with van der Waals surface area (Å²) in [4.78, 5) is 29.5. The molecule has 2 aliphatic heterocycles. The Kier molecular flexibility index (Phi) is 8.04. The molecule has 8 nitrogen and oxygen atoms in total. The Bertz CT molecular complexity index is 1620. The van der Waals surface area contributed by atoms with Crippen LogP contribution in [0.25, 0.3) is 33.4 Å². The molecule has 0 aliphatic carbocycles. The summed E-state index contributed by atoms with van der Waals surface area (Å²) in [7, 11) is -0.304. The van der Waals surface area contributed by atoms with Crippen LogP contribution in [0.5, 0.6) is 0 Å². The number of likely N-dealkylation sites (N-methyl/N-ethyl adjacent to an activating group) is 1. The summed E-state index contributed by atoms with van der Waals surface area (Å²) in [6.07, 6.45) is 1.81. The fourth-order valence-electron chi connectivity index (χ4n) is 5.85. The van der Waals surface area contributed by atoms with Gasteiger partial charge in [-0.05, 0) is 61.3 Å². The predicted molar refractivity (Wildman–Crippen MR) is 171 cm³/mol. The number of para-hydroxylation sites is 1. The summed E-state index contributed by atoms with van der Waals surface area (Å²) in [6.45, 7) is 9.63. The molecule has 2 fully saturated rings. The molecule has 0 saturated carbocycles. The lowest BCUT2D eigenvalue weighted by atomic mass is 9.98. The van der Waals surface area contributed by atoms with Gasteiger partial charge in [0.05, 0.1) is 34.4 Å². The van der Waals surface area contributed by atoms with Crippen molar-refractivity contribution >= 4 is 27.5 Å². The van der Waals surface area contributed by atoms with Crippen LogP contribution in [0.1, 0.15) is 27.0 Å². The molecule has 2 N–H and O–H groups in total. The number of carbonyl (C=O) groups is 1. The quantitative estimate of drug-likeness (QED) is 0.318. The Hall–Kier alpha value is -3.34. The number of rotatable bonds is 5. The number of hydrogen-bond donors (Lipinski definition) is 2. The zero-order valence-electron chi connectivity index (χ0n) is 24.6. The third-order valence-electron chi connectivity index (χ3n) is 8.63. The number of nitrogens with zero attached hydrogens (tertiary/aromatic N) is 5. The molecule has 3 heterocycles. The van der Waals surface area contributed by atoms with Gasteiger partial charge in [-0.1, -0.05) is 36.4 Å². The van der Waals surface area contributed by atoms with Gasteiger partial charge < -0.3 is 9.80 Å². The van der Waals surface area contributed by atoms with Gasteiger partial charge >= 0.3 is 0 Å². The largest absolute Gasteiger partial charge is 0.336 e. The highest BCUT2D eigenvalue weighted by Gasteiger charge is 2.23. The second kappa shape index (κ2) is 11.7. The first-order chi connectivity index (χ1) is 20.2. The number of carbonyl (C=O) groups excluding carboxylic acids is 1. The maximum atomic E-state index is 13.2. The van der Waals surface area contributed by atoms with Crippen molar-refractivity contribution in [2.75, 3.05) is 57.8 Å². The highest BCUT2D eigenvalue weighted by Crippen LogP contribution is 2.40. The molecule has 1 aromatic heterocycles. The van der Waals surface area contributed by atoms with Crippen LogP contribution >= 0.6 is 10.6 Å². The number of aryl methyl sites for hydroxylation is 2. The van der Waals surface area contributed by atoms with Crippen LogP contribution in [0.2, 0.25) is 0 Å². The molecular formula is C33H39N5O3S. The van der Waals surface area contributed by atoms with E-state index in [0.29, 0.717) is 24.6 Å². The van der Waals surface area contributed by atoms with Gasteiger partial charge in [-0.2, -0.15) is 10.6 Å². The minimum absolute atomic E-state index is 0.0918. The van der Waals surface area contributed by atoms with E-state index in [1.54, 1.807) is 0 Å². The minimum atomic E-state index is -2.39. The van der Waals surface area contributed by atoms with Crippen molar-refractivity contribution in [1.29, 1.82) is 0 Å². The van der Waals surface area contributed by atoms with Crippen LogP contribution < -0.4 is 0 Å². The summed E-state index contributed by atoms with van der Waals surface area (Å²) < 4.78 is 19.9. The van der Waals surface area contributed by atoms with Crippen molar-refractivity contribution in [1.82, 2.24) is 24.7 Å². The van der Waals surface area contributed by atoms with Crippen molar-refractivity contribution in [3.63, 3.8) is 0 Å². The molecule has 1 amide bonds. The Morgan fingerprint density at radius 1 is 0.881 bits per heavy atom. The first kappa shape index (κ1) is 28.8. The zero-order valence-corrected chi connectivity index (χ0v) is 25.4. The summed E-state index contributed by atoms with van der Waals surface area (Å²) >= 11 is 0. The molecule has 42 heavy (non-hydrogen) atoms. The normalized spacial score (nSPS) is 18.7. The van der Waals surface area contributed by atoms with Crippen molar-refractivity contribution in [2.24, 2.45) is 0 Å². The Morgan fingerprint density at radius 2 is 1.60 bits per heavy atom. The van der Waals surface area contributed by atoms with E-state index in [1.165, 1.54) is 11.1 Å². The summed E-state index contributed by atoms with van der Waals surface area (Å²) in [5, 5.41) is 0. The number of aromatic nitrogens is 2. The molecule has 220 valence electrons. The van der Waals surface area contributed by atoms with E-state index >= 15 is 0 Å². The summed E-state index contributed by atoms with van der Waals surface area (Å²) in [6, 6.07) is 18.6. The van der Waals surface area contributed by atoms with Gasteiger partial charge in [0.15, 0.2) is 0 Å². The maximum absolute atomic E-state index is 13.2. The smallest absolute Gasteiger partial charge is 0.254 e. The highest BCUT2D eigenvalue weighted by molar-refractivity contribution is 8.24. The van der Waals surface area contributed by atoms with Crippen molar-refractivity contribution in [3.05, 3.63) is 83.0 Å². The standard InChI is InChI=1S/C33H39N5O3S/c1-23-19-25(7-8-27(23)22-37-15-17-42(40,41)18-16-37)29-5-4-6-30-32(29)35-31(21-34-30)26-9-10-28(24(2)20-26)33(39)38-13-11-36(3)12-14-38/h4-10,19-21,40-41H,11-18,22H2,1-3H3. The molecule has 0 spiro atoms. The monoisotopic (exact) mass is 585 g/mol. The van der Waals surface area contributed by atoms with E-state index in [4.69, 9.17) is 9.97 Å². The number of benzene rings is 3. The lowest BCUT2D eigenvalue weighted by Gasteiger charge is -2.41. The molecular weight excluding hydrogens is 546 g/mol. The van der Waals surface area contributed by atoms with Crippen molar-refractivity contribution in [2.45, 2.75) is 20.4 Å². The lowest BCUT2D eigenvalue weighted by Crippen LogP contribution is -2.47. The molecule has 2 saturated heterocycles. The van der Waals surface area contributed by atoms with E-state index < -0.39 is 10.6 Å². The third kappa shape index (κ3) is 6.07. The summed E-state index contributed by atoms with van der Waals surface area (Å²) in [5.74, 6) is 1.00. The zero-order chi connectivity index (χ0) is 29.4. The maximum Gasteiger partial charge on any atom is 0.254 e. The molecule has 0 radical (unpaired) electrons. The van der Waals surface area contributed by atoms with Gasteiger partial charge in [-0.25, -0.2) is 4.98 Å². The van der Waals surface area contributed by atoms with E-state index in [1.807, 2.05) is 48.4 Å². The van der Waals surface area contributed by atoms with E-state index in [0.717, 1.165) is 77.3 Å². The Morgan fingerprint density at radius 3 is 2.31 bits per heavy atom. The van der Waals surface area contributed by atoms with Crippen LogP contribution in [0.3, 0.4) is 0 Å². The van der Waals surface area contributed by atoms with Gasteiger partial charge in [0.1, 0.15) is 0 Å². The van der Waals surface area contributed by atoms with Gasteiger partial charge in [0.25, 0.3) is 5.91 Å². The molecule has 6 rings (SSSR count). The lowest BCUT2D eigenvalue weighted by molar-refractivity contribution is 0.0663. The predicted octanol–water partition coefficient (Wildman–Crippen LogP) is 5.53.